The van der Waals surface area contributed by atoms with Crippen molar-refractivity contribution in [3.05, 3.63) is 0 Å². The summed E-state index contributed by atoms with van der Waals surface area (Å²) < 4.78 is 6.27. The van der Waals surface area contributed by atoms with Crippen LogP contribution in [-0.2, 0) is 14.3 Å². The molecule has 0 aromatic rings. The molecule has 3 unspecified atom stereocenters. The molecule has 0 N–H and O–H groups in total. The Bertz CT molecular complexity index is 918. The first-order valence-corrected chi connectivity index (χ1v) is 14.0. The molecule has 2 bridgehead atoms. The first kappa shape index (κ1) is 22.6. The summed E-state index contributed by atoms with van der Waals surface area (Å²) in [5, 5.41) is 0. The molecule has 1 saturated heterocycles. The van der Waals surface area contributed by atoms with Gasteiger partial charge in [0.25, 0.3) is 0 Å². The highest BCUT2D eigenvalue weighted by Gasteiger charge is 2.75. The smallest absolute Gasteiger partial charge is 0.312 e. The van der Waals surface area contributed by atoms with Crippen LogP contribution in [0.1, 0.15) is 113 Å². The van der Waals surface area contributed by atoms with Crippen molar-refractivity contribution in [3.63, 3.8) is 0 Å². The SMILES string of the molecule is CC1(C)C(=O)CC[C@@]2(C)C1CC[C@]1(C)C2CC[C@@H]2C3[C@H]4OC(=O)[C@@]3(CCC4(C)C)CC[C@]21C. The van der Waals surface area contributed by atoms with Gasteiger partial charge in [-0.05, 0) is 91.8 Å². The molecule has 1 aliphatic heterocycles. The number of carbonyl (C=O) groups is 2. The lowest BCUT2D eigenvalue weighted by Crippen LogP contribution is -2.67. The number of esters is 1. The van der Waals surface area contributed by atoms with Crippen LogP contribution in [0.4, 0.5) is 0 Å². The third-order valence-corrected chi connectivity index (χ3v) is 13.8. The van der Waals surface area contributed by atoms with E-state index in [0.29, 0.717) is 29.5 Å². The van der Waals surface area contributed by atoms with Crippen molar-refractivity contribution >= 4 is 11.8 Å². The molecule has 0 aromatic carbocycles. The van der Waals surface area contributed by atoms with Crippen LogP contribution in [0.25, 0.3) is 0 Å². The molecular formula is C30H46O3. The van der Waals surface area contributed by atoms with Crippen LogP contribution in [0.3, 0.4) is 0 Å². The molecule has 6 aliphatic rings. The van der Waals surface area contributed by atoms with Gasteiger partial charge < -0.3 is 4.74 Å². The minimum Gasteiger partial charge on any atom is -0.461 e. The third kappa shape index (κ3) is 2.39. The minimum absolute atomic E-state index is 0.0910. The largest absolute Gasteiger partial charge is 0.461 e. The Kier molecular flexibility index (Phi) is 4.30. The maximum Gasteiger partial charge on any atom is 0.312 e. The van der Waals surface area contributed by atoms with Crippen molar-refractivity contribution in [2.24, 2.45) is 56.2 Å². The fourth-order valence-electron chi connectivity index (χ4n) is 11.6. The van der Waals surface area contributed by atoms with E-state index in [1.54, 1.807) is 0 Å². The molecule has 184 valence electrons. The van der Waals surface area contributed by atoms with E-state index in [0.717, 1.165) is 32.1 Å². The molecule has 33 heavy (non-hydrogen) atoms. The summed E-state index contributed by atoms with van der Waals surface area (Å²) in [6.45, 7) is 17.0. The quantitative estimate of drug-likeness (QED) is 0.371. The molecule has 1 heterocycles. The van der Waals surface area contributed by atoms with E-state index < -0.39 is 0 Å². The maximum atomic E-state index is 13.3. The average molecular weight is 455 g/mol. The summed E-state index contributed by atoms with van der Waals surface area (Å²) >= 11 is 0. The highest BCUT2D eigenvalue weighted by Crippen LogP contribution is 2.77. The van der Waals surface area contributed by atoms with E-state index >= 15 is 0 Å². The molecule has 0 spiro atoms. The second kappa shape index (κ2) is 6.28. The third-order valence-electron chi connectivity index (χ3n) is 13.8. The maximum absolute atomic E-state index is 13.3. The first-order chi connectivity index (χ1) is 15.2. The zero-order chi connectivity index (χ0) is 23.8. The molecule has 5 aliphatic carbocycles. The Hall–Kier alpha value is -0.860. The molecule has 3 nitrogen and oxygen atoms in total. The van der Waals surface area contributed by atoms with Crippen molar-refractivity contribution in [2.45, 2.75) is 119 Å². The Labute approximate surface area is 201 Å². The number of hydrogen-bond acceptors (Lipinski definition) is 3. The number of ketones is 1. The van der Waals surface area contributed by atoms with Crippen LogP contribution in [0.15, 0.2) is 0 Å². The van der Waals surface area contributed by atoms with Gasteiger partial charge in [0, 0.05) is 23.2 Å². The Balaban J connectivity index is 1.42. The lowest BCUT2D eigenvalue weighted by atomic mass is 9.31. The second-order valence-electron chi connectivity index (χ2n) is 15.3. The van der Waals surface area contributed by atoms with Crippen LogP contribution in [0.2, 0.25) is 0 Å². The lowest BCUT2D eigenvalue weighted by molar-refractivity contribution is -0.239. The van der Waals surface area contributed by atoms with E-state index in [2.05, 4.69) is 48.5 Å². The van der Waals surface area contributed by atoms with Crippen LogP contribution in [0.5, 0.6) is 0 Å². The molecule has 5 saturated carbocycles. The van der Waals surface area contributed by atoms with Crippen molar-refractivity contribution in [2.75, 3.05) is 0 Å². The van der Waals surface area contributed by atoms with Gasteiger partial charge in [-0.25, -0.2) is 0 Å². The average Bonchev–Trinajstić information content (AvgIpc) is 2.99. The van der Waals surface area contributed by atoms with Gasteiger partial charge in [0.1, 0.15) is 11.9 Å². The molecular weight excluding hydrogens is 408 g/mol. The van der Waals surface area contributed by atoms with Crippen LogP contribution in [-0.4, -0.2) is 17.9 Å². The summed E-state index contributed by atoms with van der Waals surface area (Å²) in [6, 6.07) is 0. The Morgan fingerprint density at radius 3 is 2.15 bits per heavy atom. The highest BCUT2D eigenvalue weighted by molar-refractivity contribution is 5.85. The van der Waals surface area contributed by atoms with Crippen molar-refractivity contribution in [3.8, 4) is 0 Å². The molecule has 9 atom stereocenters. The topological polar surface area (TPSA) is 43.4 Å². The number of carbonyl (C=O) groups excluding carboxylic acids is 2. The summed E-state index contributed by atoms with van der Waals surface area (Å²) in [5.74, 6) is 2.80. The zero-order valence-electron chi connectivity index (χ0n) is 22.2. The summed E-state index contributed by atoms with van der Waals surface area (Å²) in [6.07, 6.45) is 11.2. The monoisotopic (exact) mass is 454 g/mol. The van der Waals surface area contributed by atoms with Crippen molar-refractivity contribution in [1.82, 2.24) is 0 Å². The number of rotatable bonds is 0. The molecule has 6 rings (SSSR count). The number of fused-ring (bicyclic) bond motifs is 5. The van der Waals surface area contributed by atoms with E-state index in [-0.39, 0.29) is 44.6 Å². The van der Waals surface area contributed by atoms with Crippen LogP contribution >= 0.6 is 0 Å². The molecule has 0 amide bonds. The van der Waals surface area contributed by atoms with Gasteiger partial charge in [0.2, 0.25) is 0 Å². The summed E-state index contributed by atoms with van der Waals surface area (Å²) in [5.41, 5.74) is 0.494. The number of hydrogen-bond donors (Lipinski definition) is 0. The first-order valence-electron chi connectivity index (χ1n) is 14.0. The summed E-state index contributed by atoms with van der Waals surface area (Å²) in [7, 11) is 0. The van der Waals surface area contributed by atoms with E-state index in [4.69, 9.17) is 4.74 Å². The van der Waals surface area contributed by atoms with Crippen molar-refractivity contribution < 1.29 is 14.3 Å². The van der Waals surface area contributed by atoms with Crippen LogP contribution < -0.4 is 0 Å². The van der Waals surface area contributed by atoms with Gasteiger partial charge in [-0.15, -0.1) is 0 Å². The summed E-state index contributed by atoms with van der Waals surface area (Å²) in [4.78, 5) is 26.3. The number of ether oxygens (including phenoxy) is 1. The molecule has 0 aromatic heterocycles. The fourth-order valence-corrected chi connectivity index (χ4v) is 11.6. The Morgan fingerprint density at radius 1 is 0.727 bits per heavy atom. The van der Waals surface area contributed by atoms with Crippen LogP contribution in [0, 0.1) is 56.2 Å². The minimum atomic E-state index is -0.200. The fraction of sp³-hybridized carbons (Fsp3) is 0.933. The van der Waals surface area contributed by atoms with E-state index in [1.165, 1.54) is 32.1 Å². The zero-order valence-corrected chi connectivity index (χ0v) is 22.2. The predicted molar refractivity (Wildman–Crippen MR) is 129 cm³/mol. The molecule has 0 radical (unpaired) electrons. The van der Waals surface area contributed by atoms with E-state index in [9.17, 15) is 9.59 Å². The predicted octanol–water partition coefficient (Wildman–Crippen LogP) is 6.97. The molecule has 3 heteroatoms. The van der Waals surface area contributed by atoms with E-state index in [1.807, 2.05) is 0 Å². The standard InChI is InChI=1S/C30H46O3/c1-25(2)14-16-30-17-15-28(6)18(22(30)23(25)33-24(30)32)8-9-20-27(5)12-11-21(31)26(3,4)19(27)10-13-29(20,28)7/h18-20,22-23H,8-17H2,1-7H3/t18-,19?,20?,22?,23-,27+,28-,29-,30+/m1/s1. The lowest BCUT2D eigenvalue weighted by Gasteiger charge is -2.72. The van der Waals surface area contributed by atoms with Gasteiger partial charge in [0.05, 0.1) is 5.41 Å². The molecule has 6 fully saturated rings. The number of Topliss-reactive ketones (excluding diaryl/α,β-unsaturated/α-hetero) is 1. The Morgan fingerprint density at radius 2 is 1.42 bits per heavy atom. The van der Waals surface area contributed by atoms with Gasteiger partial charge in [-0.1, -0.05) is 48.5 Å². The van der Waals surface area contributed by atoms with Gasteiger partial charge >= 0.3 is 5.97 Å². The highest BCUT2D eigenvalue weighted by atomic mass is 16.6. The normalized spacial score (nSPS) is 56.2. The van der Waals surface area contributed by atoms with Gasteiger partial charge in [-0.2, -0.15) is 0 Å². The van der Waals surface area contributed by atoms with Crippen molar-refractivity contribution in [1.29, 1.82) is 0 Å². The second-order valence-corrected chi connectivity index (χ2v) is 15.3. The van der Waals surface area contributed by atoms with Gasteiger partial charge in [-0.3, -0.25) is 9.59 Å². The van der Waals surface area contributed by atoms with Gasteiger partial charge in [0.15, 0.2) is 0 Å².